The minimum atomic E-state index is -4.52. The third-order valence-corrected chi connectivity index (χ3v) is 9.34. The van der Waals surface area contributed by atoms with Gasteiger partial charge in [-0.15, -0.1) is 0 Å². The molecule has 7 nitrogen and oxygen atoms in total. The van der Waals surface area contributed by atoms with E-state index in [4.69, 9.17) is 14.7 Å². The van der Waals surface area contributed by atoms with E-state index in [9.17, 15) is 21.6 Å². The molecule has 2 aromatic carbocycles. The average Bonchev–Trinajstić information content (AvgIpc) is 2.93. The van der Waals surface area contributed by atoms with Crippen LogP contribution in [0, 0.1) is 0 Å². The number of hydrogen-bond donors (Lipinski definition) is 0. The van der Waals surface area contributed by atoms with Crippen LogP contribution in [0.5, 0.6) is 5.88 Å². The van der Waals surface area contributed by atoms with Gasteiger partial charge >= 0.3 is 6.18 Å². The van der Waals surface area contributed by atoms with E-state index in [1.807, 2.05) is 31.2 Å². The van der Waals surface area contributed by atoms with Crippen LogP contribution in [-0.2, 0) is 16.2 Å². The largest absolute Gasteiger partial charge is 0.474 e. The van der Waals surface area contributed by atoms with Crippen LogP contribution in [0.1, 0.15) is 56.5 Å². The van der Waals surface area contributed by atoms with Gasteiger partial charge in [-0.3, -0.25) is 4.90 Å². The normalized spacial score (nSPS) is 19.5. The summed E-state index contributed by atoms with van der Waals surface area (Å²) in [5, 5.41) is 0.876. The van der Waals surface area contributed by atoms with Crippen molar-refractivity contribution in [1.29, 1.82) is 0 Å². The Labute approximate surface area is 220 Å². The number of benzene rings is 2. The molecule has 1 aliphatic heterocycles. The van der Waals surface area contributed by atoms with Crippen LogP contribution < -0.4 is 4.74 Å². The number of piperazine rings is 1. The van der Waals surface area contributed by atoms with E-state index in [-0.39, 0.29) is 30.1 Å². The van der Waals surface area contributed by atoms with Gasteiger partial charge in [0.1, 0.15) is 11.9 Å². The van der Waals surface area contributed by atoms with Gasteiger partial charge < -0.3 is 4.74 Å². The van der Waals surface area contributed by atoms with Gasteiger partial charge in [0.15, 0.2) is 0 Å². The van der Waals surface area contributed by atoms with E-state index in [1.165, 1.54) is 10.7 Å². The SMILES string of the molecule is CC(c1nc(OC2CCCCC2)c2ccccc2n1)N1CCN(S(=O)(=O)c2ccc(C(F)(F)F)cc2)CC1. The van der Waals surface area contributed by atoms with E-state index in [2.05, 4.69) is 4.90 Å². The minimum Gasteiger partial charge on any atom is -0.474 e. The molecule has 1 saturated carbocycles. The fourth-order valence-corrected chi connectivity index (χ4v) is 6.56. The zero-order chi connectivity index (χ0) is 26.9. The van der Waals surface area contributed by atoms with Crippen LogP contribution in [0.2, 0.25) is 0 Å². The molecule has 1 unspecified atom stereocenters. The van der Waals surface area contributed by atoms with Crippen molar-refractivity contribution < 1.29 is 26.3 Å². The summed E-state index contributed by atoms with van der Waals surface area (Å²) in [5.41, 5.74) is -0.0732. The second kappa shape index (κ2) is 10.8. The molecule has 38 heavy (non-hydrogen) atoms. The van der Waals surface area contributed by atoms with E-state index in [0.717, 1.165) is 60.9 Å². The van der Waals surface area contributed by atoms with Gasteiger partial charge in [0, 0.05) is 26.2 Å². The first-order valence-electron chi connectivity index (χ1n) is 13.0. The predicted molar refractivity (Wildman–Crippen MR) is 137 cm³/mol. The Hall–Kier alpha value is -2.76. The van der Waals surface area contributed by atoms with Crippen LogP contribution >= 0.6 is 0 Å². The number of rotatable bonds is 6. The standard InChI is InChI=1S/C27H31F3N4O3S/c1-19(25-31-24-10-6-5-9-23(24)26(32-25)37-21-7-3-2-4-8-21)33-15-17-34(18-16-33)38(35,36)22-13-11-20(12-14-22)27(28,29)30/h5-6,9-14,19,21H,2-4,7-8,15-18H2,1H3. The lowest BCUT2D eigenvalue weighted by atomic mass is 9.98. The maximum atomic E-state index is 13.1. The van der Waals surface area contributed by atoms with Crippen molar-refractivity contribution in [2.75, 3.05) is 26.2 Å². The second-order valence-corrected chi connectivity index (χ2v) is 11.9. The van der Waals surface area contributed by atoms with Crippen LogP contribution in [-0.4, -0.2) is 59.9 Å². The lowest BCUT2D eigenvalue weighted by Gasteiger charge is -2.37. The van der Waals surface area contributed by atoms with Crippen molar-refractivity contribution in [2.45, 2.75) is 62.2 Å². The summed E-state index contributed by atoms with van der Waals surface area (Å²) >= 11 is 0. The molecule has 5 rings (SSSR count). The molecule has 2 aliphatic rings. The first kappa shape index (κ1) is 26.8. The maximum Gasteiger partial charge on any atom is 0.416 e. The summed E-state index contributed by atoms with van der Waals surface area (Å²) in [5.74, 6) is 1.21. The van der Waals surface area contributed by atoms with Gasteiger partial charge in [-0.2, -0.15) is 22.5 Å². The highest BCUT2D eigenvalue weighted by molar-refractivity contribution is 7.89. The molecule has 1 aromatic heterocycles. The Morgan fingerprint density at radius 2 is 1.58 bits per heavy atom. The molecule has 1 atom stereocenters. The Morgan fingerprint density at radius 3 is 2.24 bits per heavy atom. The average molecular weight is 549 g/mol. The number of aromatic nitrogens is 2. The maximum absolute atomic E-state index is 13.1. The molecule has 0 amide bonds. The zero-order valence-corrected chi connectivity index (χ0v) is 22.0. The Balaban J connectivity index is 1.30. The minimum absolute atomic E-state index is 0.143. The van der Waals surface area contributed by atoms with E-state index in [1.54, 1.807) is 0 Å². The van der Waals surface area contributed by atoms with Crippen LogP contribution in [0.15, 0.2) is 53.4 Å². The van der Waals surface area contributed by atoms with Crippen molar-refractivity contribution >= 4 is 20.9 Å². The molecule has 1 saturated heterocycles. The van der Waals surface area contributed by atoms with Crippen molar-refractivity contribution in [3.63, 3.8) is 0 Å². The Kier molecular flexibility index (Phi) is 7.61. The third-order valence-electron chi connectivity index (χ3n) is 7.43. The first-order chi connectivity index (χ1) is 18.1. The number of hydrogen-bond acceptors (Lipinski definition) is 6. The van der Waals surface area contributed by atoms with Gasteiger partial charge in [0.25, 0.3) is 0 Å². The number of fused-ring (bicyclic) bond motifs is 1. The Bertz CT molecular complexity index is 1370. The van der Waals surface area contributed by atoms with E-state index in [0.29, 0.717) is 24.8 Å². The lowest BCUT2D eigenvalue weighted by Crippen LogP contribution is -2.49. The highest BCUT2D eigenvalue weighted by atomic mass is 32.2. The highest BCUT2D eigenvalue weighted by Crippen LogP contribution is 2.32. The van der Waals surface area contributed by atoms with Crippen LogP contribution in [0.25, 0.3) is 10.9 Å². The fraction of sp³-hybridized carbons (Fsp3) is 0.481. The molecule has 2 heterocycles. The van der Waals surface area contributed by atoms with Crippen LogP contribution in [0.4, 0.5) is 13.2 Å². The van der Waals surface area contributed by atoms with Crippen molar-refractivity contribution in [3.8, 4) is 5.88 Å². The molecule has 3 aromatic rings. The molecule has 0 radical (unpaired) electrons. The van der Waals surface area contributed by atoms with Crippen molar-refractivity contribution in [3.05, 3.63) is 59.9 Å². The summed E-state index contributed by atoms with van der Waals surface area (Å²) in [6.45, 7) is 3.31. The first-order valence-corrected chi connectivity index (χ1v) is 14.4. The van der Waals surface area contributed by atoms with Crippen molar-refractivity contribution in [1.82, 2.24) is 19.2 Å². The number of nitrogens with zero attached hydrogens (tertiary/aromatic N) is 4. The summed E-state index contributed by atoms with van der Waals surface area (Å²) < 4.78 is 72.4. The Morgan fingerprint density at radius 1 is 0.921 bits per heavy atom. The third kappa shape index (κ3) is 5.64. The number of halogens is 3. The van der Waals surface area contributed by atoms with Crippen LogP contribution in [0.3, 0.4) is 0 Å². The smallest absolute Gasteiger partial charge is 0.416 e. The lowest BCUT2D eigenvalue weighted by molar-refractivity contribution is -0.137. The predicted octanol–water partition coefficient (Wildman–Crippen LogP) is 5.43. The highest BCUT2D eigenvalue weighted by Gasteiger charge is 2.34. The molecule has 0 bridgehead atoms. The summed E-state index contributed by atoms with van der Waals surface area (Å²) in [6, 6.07) is 11.2. The summed E-state index contributed by atoms with van der Waals surface area (Å²) in [6.07, 6.45) is 1.18. The topological polar surface area (TPSA) is 75.6 Å². The number of alkyl halides is 3. The zero-order valence-electron chi connectivity index (χ0n) is 21.2. The van der Waals surface area contributed by atoms with Gasteiger partial charge in [-0.05, 0) is 69.0 Å². The number of para-hydroxylation sites is 1. The molecule has 0 spiro atoms. The van der Waals surface area contributed by atoms with Gasteiger partial charge in [0.2, 0.25) is 15.9 Å². The molecular weight excluding hydrogens is 517 g/mol. The molecule has 2 fully saturated rings. The molecule has 1 aliphatic carbocycles. The number of ether oxygens (including phenoxy) is 1. The molecule has 11 heteroatoms. The van der Waals surface area contributed by atoms with Gasteiger partial charge in [-0.25, -0.2) is 13.4 Å². The summed E-state index contributed by atoms with van der Waals surface area (Å²) in [7, 11) is -3.90. The molecule has 204 valence electrons. The van der Waals surface area contributed by atoms with Gasteiger partial charge in [-0.1, -0.05) is 18.6 Å². The number of sulfonamides is 1. The quantitative estimate of drug-likeness (QED) is 0.409. The molecule has 0 N–H and O–H groups in total. The summed E-state index contributed by atoms with van der Waals surface area (Å²) in [4.78, 5) is 11.6. The van der Waals surface area contributed by atoms with Crippen molar-refractivity contribution in [2.24, 2.45) is 0 Å². The van der Waals surface area contributed by atoms with E-state index >= 15 is 0 Å². The fourth-order valence-electron chi connectivity index (χ4n) is 5.14. The molecular formula is C27H31F3N4O3S. The monoisotopic (exact) mass is 548 g/mol. The van der Waals surface area contributed by atoms with Gasteiger partial charge in [0.05, 0.1) is 27.4 Å². The second-order valence-electron chi connectivity index (χ2n) is 9.92. The van der Waals surface area contributed by atoms with E-state index < -0.39 is 21.8 Å².